The first kappa shape index (κ1) is 17.1. The molecule has 0 aliphatic carbocycles. The van der Waals surface area contributed by atoms with E-state index in [1.165, 1.54) is 0 Å². The van der Waals surface area contributed by atoms with Crippen LogP contribution in [0.25, 0.3) is 0 Å². The van der Waals surface area contributed by atoms with Crippen LogP contribution in [0.5, 0.6) is 17.2 Å². The second kappa shape index (κ2) is 7.73. The monoisotopic (exact) mass is 297 g/mol. The van der Waals surface area contributed by atoms with Gasteiger partial charge in [0, 0.05) is 18.2 Å². The molecule has 2 N–H and O–H groups in total. The van der Waals surface area contributed by atoms with E-state index < -0.39 is 12.0 Å². The summed E-state index contributed by atoms with van der Waals surface area (Å²) in [7, 11) is 4.66. The summed E-state index contributed by atoms with van der Waals surface area (Å²) in [5, 5.41) is 12.2. The minimum absolute atomic E-state index is 0.0198. The van der Waals surface area contributed by atoms with Crippen molar-refractivity contribution in [3.05, 3.63) is 17.7 Å². The van der Waals surface area contributed by atoms with E-state index in [4.69, 9.17) is 14.2 Å². The van der Waals surface area contributed by atoms with Crippen LogP contribution in [0.2, 0.25) is 0 Å². The smallest absolute Gasteiger partial charge is 0.320 e. The first-order valence-corrected chi connectivity index (χ1v) is 6.69. The molecule has 6 heteroatoms. The van der Waals surface area contributed by atoms with Crippen molar-refractivity contribution in [2.75, 3.05) is 21.3 Å². The zero-order valence-corrected chi connectivity index (χ0v) is 13.1. The topological polar surface area (TPSA) is 77.0 Å². The van der Waals surface area contributed by atoms with Crippen LogP contribution in [0, 0.1) is 5.92 Å². The summed E-state index contributed by atoms with van der Waals surface area (Å²) < 4.78 is 15.8. The van der Waals surface area contributed by atoms with Crippen molar-refractivity contribution in [1.82, 2.24) is 5.32 Å². The van der Waals surface area contributed by atoms with E-state index in [1.807, 2.05) is 13.8 Å². The van der Waals surface area contributed by atoms with E-state index in [1.54, 1.807) is 33.5 Å². The molecule has 0 radical (unpaired) electrons. The highest BCUT2D eigenvalue weighted by molar-refractivity contribution is 5.73. The molecule has 0 aliphatic heterocycles. The number of aliphatic carboxylic acids is 1. The minimum Gasteiger partial charge on any atom is -0.496 e. The molecule has 6 nitrogen and oxygen atoms in total. The number of methoxy groups -OCH3 is 3. The van der Waals surface area contributed by atoms with E-state index >= 15 is 0 Å². The molecular weight excluding hydrogens is 274 g/mol. The Hall–Kier alpha value is -1.95. The summed E-state index contributed by atoms with van der Waals surface area (Å²) in [6.07, 6.45) is 0. The predicted molar refractivity (Wildman–Crippen MR) is 79.2 cm³/mol. The zero-order valence-electron chi connectivity index (χ0n) is 13.1. The van der Waals surface area contributed by atoms with Crippen LogP contribution < -0.4 is 19.5 Å². The van der Waals surface area contributed by atoms with Gasteiger partial charge in [0.05, 0.1) is 21.3 Å². The Bertz CT molecular complexity index is 487. The lowest BCUT2D eigenvalue weighted by atomic mass is 10.0. The van der Waals surface area contributed by atoms with Crippen LogP contribution in [0.4, 0.5) is 0 Å². The molecule has 1 aromatic rings. The molecule has 0 bridgehead atoms. The molecule has 1 rings (SSSR count). The number of rotatable bonds is 8. The number of carboxylic acid groups (broad SMARTS) is 1. The van der Waals surface area contributed by atoms with Gasteiger partial charge in [-0.1, -0.05) is 13.8 Å². The van der Waals surface area contributed by atoms with Gasteiger partial charge >= 0.3 is 5.97 Å². The molecule has 1 atom stereocenters. The highest BCUT2D eigenvalue weighted by atomic mass is 16.5. The maximum Gasteiger partial charge on any atom is 0.320 e. The fourth-order valence-corrected chi connectivity index (χ4v) is 2.06. The second-order valence-corrected chi connectivity index (χ2v) is 4.96. The van der Waals surface area contributed by atoms with Crippen molar-refractivity contribution in [3.8, 4) is 17.2 Å². The second-order valence-electron chi connectivity index (χ2n) is 4.96. The van der Waals surface area contributed by atoms with Crippen molar-refractivity contribution in [1.29, 1.82) is 0 Å². The molecule has 0 saturated heterocycles. The SMILES string of the molecule is COc1cc(OC)c(OC)cc1CNC(C(=O)O)C(C)C. The van der Waals surface area contributed by atoms with Gasteiger partial charge in [0.25, 0.3) is 0 Å². The van der Waals surface area contributed by atoms with Gasteiger partial charge in [-0.3, -0.25) is 10.1 Å². The minimum atomic E-state index is -0.871. The van der Waals surface area contributed by atoms with Crippen molar-refractivity contribution in [3.63, 3.8) is 0 Å². The summed E-state index contributed by atoms with van der Waals surface area (Å²) in [6, 6.07) is 2.88. The average molecular weight is 297 g/mol. The van der Waals surface area contributed by atoms with E-state index in [0.717, 1.165) is 5.56 Å². The quantitative estimate of drug-likeness (QED) is 0.763. The van der Waals surface area contributed by atoms with E-state index in [9.17, 15) is 9.90 Å². The first-order chi connectivity index (χ1) is 9.94. The molecule has 118 valence electrons. The Morgan fingerprint density at radius 1 is 1.10 bits per heavy atom. The van der Waals surface area contributed by atoms with Crippen LogP contribution >= 0.6 is 0 Å². The Morgan fingerprint density at radius 3 is 2.05 bits per heavy atom. The molecule has 0 aliphatic rings. The summed E-state index contributed by atoms with van der Waals surface area (Å²) in [4.78, 5) is 11.2. The number of hydrogen-bond donors (Lipinski definition) is 2. The van der Waals surface area contributed by atoms with Crippen molar-refractivity contribution < 1.29 is 24.1 Å². The number of carboxylic acids is 1. The maximum absolute atomic E-state index is 11.2. The largest absolute Gasteiger partial charge is 0.496 e. The third-order valence-electron chi connectivity index (χ3n) is 3.23. The normalized spacial score (nSPS) is 12.1. The molecule has 0 fully saturated rings. The van der Waals surface area contributed by atoms with Crippen LogP contribution in [-0.4, -0.2) is 38.4 Å². The van der Waals surface area contributed by atoms with Gasteiger partial charge in [-0.2, -0.15) is 0 Å². The van der Waals surface area contributed by atoms with Gasteiger partial charge in [0.2, 0.25) is 0 Å². The number of carbonyl (C=O) groups is 1. The van der Waals surface area contributed by atoms with Gasteiger partial charge in [-0.05, 0) is 12.0 Å². The molecule has 0 amide bonds. The lowest BCUT2D eigenvalue weighted by Gasteiger charge is -2.20. The predicted octanol–water partition coefficient (Wildman–Crippen LogP) is 1.91. The molecule has 21 heavy (non-hydrogen) atoms. The van der Waals surface area contributed by atoms with Crippen LogP contribution in [0.3, 0.4) is 0 Å². The summed E-state index contributed by atoms with van der Waals surface area (Å²) in [5.41, 5.74) is 0.807. The fraction of sp³-hybridized carbons (Fsp3) is 0.533. The molecular formula is C15H23NO5. The van der Waals surface area contributed by atoms with Gasteiger partial charge in [-0.15, -0.1) is 0 Å². The third-order valence-corrected chi connectivity index (χ3v) is 3.23. The zero-order chi connectivity index (χ0) is 16.0. The average Bonchev–Trinajstić information content (AvgIpc) is 2.45. The molecule has 0 heterocycles. The number of nitrogens with one attached hydrogen (secondary N) is 1. The maximum atomic E-state index is 11.2. The number of hydrogen-bond acceptors (Lipinski definition) is 5. The van der Waals surface area contributed by atoms with Crippen LogP contribution in [0.15, 0.2) is 12.1 Å². The van der Waals surface area contributed by atoms with Crippen molar-refractivity contribution in [2.45, 2.75) is 26.4 Å². The Labute approximate surface area is 125 Å². The van der Waals surface area contributed by atoms with E-state index in [2.05, 4.69) is 5.32 Å². The van der Waals surface area contributed by atoms with Crippen molar-refractivity contribution >= 4 is 5.97 Å². The molecule has 1 aromatic carbocycles. The van der Waals surface area contributed by atoms with Gasteiger partial charge in [-0.25, -0.2) is 0 Å². The third kappa shape index (κ3) is 4.26. The standard InChI is InChI=1S/C15H23NO5/c1-9(2)14(15(17)18)16-8-10-6-12(20-4)13(21-5)7-11(10)19-3/h6-7,9,14,16H,8H2,1-5H3,(H,17,18). The summed E-state index contributed by atoms with van der Waals surface area (Å²) in [6.45, 7) is 4.08. The fourth-order valence-electron chi connectivity index (χ4n) is 2.06. The van der Waals surface area contributed by atoms with Crippen LogP contribution in [-0.2, 0) is 11.3 Å². The van der Waals surface area contributed by atoms with Crippen LogP contribution in [0.1, 0.15) is 19.4 Å². The highest BCUT2D eigenvalue weighted by Crippen LogP contribution is 2.34. The summed E-state index contributed by atoms with van der Waals surface area (Å²) in [5.74, 6) is 0.870. The number of ether oxygens (including phenoxy) is 3. The summed E-state index contributed by atoms with van der Waals surface area (Å²) >= 11 is 0. The Balaban J connectivity index is 2.98. The highest BCUT2D eigenvalue weighted by Gasteiger charge is 2.21. The molecule has 0 spiro atoms. The lowest BCUT2D eigenvalue weighted by Crippen LogP contribution is -2.40. The Morgan fingerprint density at radius 2 is 1.62 bits per heavy atom. The number of benzene rings is 1. The molecule has 1 unspecified atom stereocenters. The lowest BCUT2D eigenvalue weighted by molar-refractivity contribution is -0.140. The molecule has 0 saturated carbocycles. The van der Waals surface area contributed by atoms with Gasteiger partial charge < -0.3 is 19.3 Å². The van der Waals surface area contributed by atoms with Crippen molar-refractivity contribution in [2.24, 2.45) is 5.92 Å². The van der Waals surface area contributed by atoms with Gasteiger partial charge in [0.15, 0.2) is 11.5 Å². The van der Waals surface area contributed by atoms with E-state index in [0.29, 0.717) is 23.8 Å². The van der Waals surface area contributed by atoms with E-state index in [-0.39, 0.29) is 5.92 Å². The Kier molecular flexibility index (Phi) is 6.30. The van der Waals surface area contributed by atoms with Gasteiger partial charge in [0.1, 0.15) is 11.8 Å². The molecule has 0 aromatic heterocycles. The first-order valence-electron chi connectivity index (χ1n) is 6.69.